The summed E-state index contributed by atoms with van der Waals surface area (Å²) in [5.74, 6) is 0.698. The van der Waals surface area contributed by atoms with Gasteiger partial charge in [0.2, 0.25) is 15.9 Å². The molecule has 0 spiro atoms. The van der Waals surface area contributed by atoms with Crippen LogP contribution in [0.1, 0.15) is 24.0 Å². The van der Waals surface area contributed by atoms with Crippen molar-refractivity contribution in [3.63, 3.8) is 0 Å². The number of aryl methyl sites for hydroxylation is 1. The molecule has 2 aromatic carbocycles. The van der Waals surface area contributed by atoms with Crippen LogP contribution in [0, 0.1) is 6.92 Å². The molecule has 154 valence electrons. The van der Waals surface area contributed by atoms with Crippen molar-refractivity contribution in [1.29, 1.82) is 0 Å². The molecule has 0 radical (unpaired) electrons. The summed E-state index contributed by atoms with van der Waals surface area (Å²) in [7, 11) is -1.93. The molecular weight excluding hydrogens is 388 g/mol. The maximum atomic E-state index is 12.5. The maximum absolute atomic E-state index is 12.5. The number of likely N-dealkylation sites (tertiary alicyclic amines) is 1. The Balaban J connectivity index is 1.52. The van der Waals surface area contributed by atoms with Gasteiger partial charge in [-0.3, -0.25) is 4.79 Å². The highest BCUT2D eigenvalue weighted by Gasteiger charge is 2.25. The molecule has 7 heteroatoms. The zero-order valence-electron chi connectivity index (χ0n) is 16.7. The average molecular weight is 415 g/mol. The van der Waals surface area contributed by atoms with E-state index in [1.54, 1.807) is 48.4 Å². The van der Waals surface area contributed by atoms with Crippen molar-refractivity contribution >= 4 is 22.0 Å². The summed E-state index contributed by atoms with van der Waals surface area (Å²) in [6, 6.07) is 14.1. The summed E-state index contributed by atoms with van der Waals surface area (Å²) >= 11 is 0. The van der Waals surface area contributed by atoms with Crippen LogP contribution in [0.3, 0.4) is 0 Å². The van der Waals surface area contributed by atoms with Crippen LogP contribution in [0.15, 0.2) is 59.5 Å². The van der Waals surface area contributed by atoms with Crippen molar-refractivity contribution < 1.29 is 17.9 Å². The maximum Gasteiger partial charge on any atom is 0.246 e. The minimum absolute atomic E-state index is 0.0688. The Morgan fingerprint density at radius 2 is 1.69 bits per heavy atom. The van der Waals surface area contributed by atoms with Crippen molar-refractivity contribution in [1.82, 2.24) is 9.62 Å². The van der Waals surface area contributed by atoms with Gasteiger partial charge in [0.1, 0.15) is 5.75 Å². The molecule has 0 aliphatic carbocycles. The first kappa shape index (κ1) is 21.1. The summed E-state index contributed by atoms with van der Waals surface area (Å²) in [6.45, 7) is 2.96. The van der Waals surface area contributed by atoms with Crippen LogP contribution in [-0.4, -0.2) is 45.5 Å². The van der Waals surface area contributed by atoms with Crippen LogP contribution >= 0.6 is 0 Å². The first-order chi connectivity index (χ1) is 13.9. The van der Waals surface area contributed by atoms with Crippen LogP contribution in [0.5, 0.6) is 5.75 Å². The SMILES string of the molecule is COc1ccc(C=CC(=O)N2CCC(NS(=O)(=O)c3ccc(C)cc3)CC2)cc1. The third-order valence-corrected chi connectivity index (χ3v) is 6.53. The van der Waals surface area contributed by atoms with Crippen molar-refractivity contribution in [3.05, 3.63) is 65.7 Å². The number of hydrogen-bond acceptors (Lipinski definition) is 4. The average Bonchev–Trinajstić information content (AvgIpc) is 2.73. The molecule has 0 bridgehead atoms. The summed E-state index contributed by atoms with van der Waals surface area (Å²) in [6.07, 6.45) is 4.51. The third-order valence-electron chi connectivity index (χ3n) is 4.99. The number of piperidine rings is 1. The summed E-state index contributed by atoms with van der Waals surface area (Å²) in [5, 5.41) is 0. The highest BCUT2D eigenvalue weighted by atomic mass is 32.2. The molecule has 1 heterocycles. The highest BCUT2D eigenvalue weighted by Crippen LogP contribution is 2.17. The molecule has 6 nitrogen and oxygen atoms in total. The minimum Gasteiger partial charge on any atom is -0.497 e. The highest BCUT2D eigenvalue weighted by molar-refractivity contribution is 7.89. The standard InChI is InChI=1S/C22H26N2O4S/c1-17-3-10-21(11-4-17)29(26,27)23-19-13-15-24(16-14-19)22(25)12-7-18-5-8-20(28-2)9-6-18/h3-12,19,23H,13-16H2,1-2H3. The fourth-order valence-corrected chi connectivity index (χ4v) is 4.52. The van der Waals surface area contributed by atoms with E-state index >= 15 is 0 Å². The summed E-state index contributed by atoms with van der Waals surface area (Å²) < 4.78 is 32.9. The van der Waals surface area contributed by atoms with E-state index in [-0.39, 0.29) is 16.8 Å². The summed E-state index contributed by atoms with van der Waals surface area (Å²) in [5.41, 5.74) is 1.93. The predicted octanol–water partition coefficient (Wildman–Crippen LogP) is 2.99. The third kappa shape index (κ3) is 5.68. The molecule has 1 aliphatic heterocycles. The van der Waals surface area contributed by atoms with E-state index in [4.69, 9.17) is 4.74 Å². The van der Waals surface area contributed by atoms with E-state index in [9.17, 15) is 13.2 Å². The molecule has 29 heavy (non-hydrogen) atoms. The molecule has 1 amide bonds. The first-order valence-corrected chi connectivity index (χ1v) is 11.1. The van der Waals surface area contributed by atoms with Gasteiger partial charge < -0.3 is 9.64 Å². The Bertz CT molecular complexity index is 959. The number of nitrogens with zero attached hydrogens (tertiary/aromatic N) is 1. The van der Waals surface area contributed by atoms with Gasteiger partial charge in [0.05, 0.1) is 12.0 Å². The Hall–Kier alpha value is -2.64. The Labute approximate surface area is 172 Å². The van der Waals surface area contributed by atoms with Crippen LogP contribution in [0.2, 0.25) is 0 Å². The predicted molar refractivity (Wildman–Crippen MR) is 113 cm³/mol. The lowest BCUT2D eigenvalue weighted by atomic mass is 10.1. The smallest absolute Gasteiger partial charge is 0.246 e. The Morgan fingerprint density at radius 1 is 1.07 bits per heavy atom. The summed E-state index contributed by atoms with van der Waals surface area (Å²) in [4.78, 5) is 14.4. The topological polar surface area (TPSA) is 75.7 Å². The number of hydrogen-bond donors (Lipinski definition) is 1. The van der Waals surface area contributed by atoms with Gasteiger partial charge >= 0.3 is 0 Å². The van der Waals surface area contributed by atoms with Gasteiger partial charge in [-0.05, 0) is 55.7 Å². The first-order valence-electron chi connectivity index (χ1n) is 9.57. The second-order valence-electron chi connectivity index (χ2n) is 7.14. The van der Waals surface area contributed by atoms with Gasteiger partial charge in [-0.25, -0.2) is 13.1 Å². The van der Waals surface area contributed by atoms with Gasteiger partial charge in [0.25, 0.3) is 0 Å². The number of carbonyl (C=O) groups is 1. The van der Waals surface area contributed by atoms with Crippen LogP contribution in [0.25, 0.3) is 6.08 Å². The van der Waals surface area contributed by atoms with E-state index in [0.717, 1.165) is 16.9 Å². The van der Waals surface area contributed by atoms with Crippen molar-refractivity contribution in [2.75, 3.05) is 20.2 Å². The number of ether oxygens (including phenoxy) is 1. The van der Waals surface area contributed by atoms with Crippen LogP contribution in [-0.2, 0) is 14.8 Å². The molecule has 0 atom stereocenters. The van der Waals surface area contributed by atoms with Crippen LogP contribution in [0.4, 0.5) is 0 Å². The second-order valence-corrected chi connectivity index (χ2v) is 8.85. The lowest BCUT2D eigenvalue weighted by Gasteiger charge is -2.31. The number of nitrogens with one attached hydrogen (secondary N) is 1. The molecule has 0 aromatic heterocycles. The van der Waals surface area contributed by atoms with Gasteiger partial charge in [-0.15, -0.1) is 0 Å². The number of methoxy groups -OCH3 is 1. The number of rotatable bonds is 6. The van der Waals surface area contributed by atoms with Crippen molar-refractivity contribution in [2.45, 2.75) is 30.7 Å². The minimum atomic E-state index is -3.54. The number of sulfonamides is 1. The lowest BCUT2D eigenvalue weighted by Crippen LogP contribution is -2.46. The fourth-order valence-electron chi connectivity index (χ4n) is 3.21. The Kier molecular flexibility index (Phi) is 6.71. The normalized spacial score (nSPS) is 15.6. The van der Waals surface area contributed by atoms with E-state index in [2.05, 4.69) is 4.72 Å². The zero-order chi connectivity index (χ0) is 20.9. The zero-order valence-corrected chi connectivity index (χ0v) is 17.5. The van der Waals surface area contributed by atoms with Gasteiger partial charge in [-0.2, -0.15) is 0 Å². The van der Waals surface area contributed by atoms with E-state index in [1.165, 1.54) is 0 Å². The monoisotopic (exact) mass is 414 g/mol. The van der Waals surface area contributed by atoms with Crippen molar-refractivity contribution in [3.8, 4) is 5.75 Å². The Morgan fingerprint density at radius 3 is 2.28 bits per heavy atom. The number of carbonyl (C=O) groups excluding carboxylic acids is 1. The molecule has 0 unspecified atom stereocenters. The van der Waals surface area contributed by atoms with E-state index in [0.29, 0.717) is 25.9 Å². The van der Waals surface area contributed by atoms with Crippen molar-refractivity contribution in [2.24, 2.45) is 0 Å². The molecule has 2 aromatic rings. The van der Waals surface area contributed by atoms with E-state index in [1.807, 2.05) is 31.2 Å². The number of amides is 1. The molecule has 3 rings (SSSR count). The van der Waals surface area contributed by atoms with Gasteiger partial charge in [0.15, 0.2) is 0 Å². The molecular formula is C22H26N2O4S. The number of benzene rings is 2. The molecule has 1 N–H and O–H groups in total. The second kappa shape index (κ2) is 9.24. The quantitative estimate of drug-likeness (QED) is 0.738. The lowest BCUT2D eigenvalue weighted by molar-refractivity contribution is -0.126. The van der Waals surface area contributed by atoms with Crippen LogP contribution < -0.4 is 9.46 Å². The van der Waals surface area contributed by atoms with Gasteiger partial charge in [0, 0.05) is 25.2 Å². The van der Waals surface area contributed by atoms with Gasteiger partial charge in [-0.1, -0.05) is 29.8 Å². The fraction of sp³-hybridized carbons (Fsp3) is 0.318. The largest absolute Gasteiger partial charge is 0.497 e. The molecule has 1 saturated heterocycles. The molecule has 1 fully saturated rings. The molecule has 0 saturated carbocycles. The van der Waals surface area contributed by atoms with E-state index < -0.39 is 10.0 Å². The molecule has 1 aliphatic rings.